The average molecular weight is 362 g/mol. The maximum absolute atomic E-state index is 13.2. The van der Waals surface area contributed by atoms with Crippen molar-refractivity contribution in [2.45, 2.75) is 59.0 Å². The van der Waals surface area contributed by atoms with Crippen molar-refractivity contribution in [2.24, 2.45) is 5.92 Å². The summed E-state index contributed by atoms with van der Waals surface area (Å²) in [5.74, 6) is 0.776. The van der Waals surface area contributed by atoms with Gasteiger partial charge in [-0.1, -0.05) is 13.8 Å². The van der Waals surface area contributed by atoms with Gasteiger partial charge in [0.25, 0.3) is 5.91 Å². The lowest BCUT2D eigenvalue weighted by Gasteiger charge is -2.26. The summed E-state index contributed by atoms with van der Waals surface area (Å²) in [6.45, 7) is 12.1. The minimum Gasteiger partial charge on any atom is -0.336 e. The van der Waals surface area contributed by atoms with Gasteiger partial charge in [-0.05, 0) is 58.7 Å². The summed E-state index contributed by atoms with van der Waals surface area (Å²) in [6, 6.07) is 0.459. The Balaban J connectivity index is 1.79. The second-order valence-corrected chi connectivity index (χ2v) is 8.28. The minimum absolute atomic E-state index is 0.133. The van der Waals surface area contributed by atoms with Gasteiger partial charge in [0.2, 0.25) is 0 Å². The number of nitrogens with zero attached hydrogens (tertiary/aromatic N) is 4. The highest BCUT2D eigenvalue weighted by Gasteiger charge is 2.31. The summed E-state index contributed by atoms with van der Waals surface area (Å²) in [4.78, 5) is 17.6. The van der Waals surface area contributed by atoms with Crippen LogP contribution in [-0.2, 0) is 19.4 Å². The van der Waals surface area contributed by atoms with Crippen LogP contribution in [0.15, 0.2) is 0 Å². The Morgan fingerprint density at radius 1 is 1.27 bits per heavy atom. The summed E-state index contributed by atoms with van der Waals surface area (Å²) in [5.41, 5.74) is 3.19. The highest BCUT2D eigenvalue weighted by molar-refractivity contribution is 5.94. The van der Waals surface area contributed by atoms with Crippen LogP contribution in [0.2, 0.25) is 0 Å². The monoisotopic (exact) mass is 361 g/mol. The number of carbonyl (C=O) groups excluding carboxylic acids is 1. The molecule has 0 spiro atoms. The lowest BCUT2D eigenvalue weighted by atomic mass is 9.90. The number of hydrogen-bond acceptors (Lipinski definition) is 4. The first kappa shape index (κ1) is 19.4. The standard InChI is InChI=1S/C20H35N5O/c1-5-25-18-8-7-16(21-14-15(2)3)13-17(18)19(22-25)20(26)24-10-6-9-23(4)11-12-24/h15-16,21H,5-14H2,1-4H3/t16-/m1/s1. The third-order valence-electron chi connectivity index (χ3n) is 5.67. The maximum atomic E-state index is 13.2. The molecule has 146 valence electrons. The molecule has 2 heterocycles. The van der Waals surface area contributed by atoms with Crippen LogP contribution in [0.4, 0.5) is 0 Å². The van der Waals surface area contributed by atoms with E-state index in [4.69, 9.17) is 5.10 Å². The molecular weight excluding hydrogens is 326 g/mol. The van der Waals surface area contributed by atoms with Crippen molar-refractivity contribution < 1.29 is 4.79 Å². The van der Waals surface area contributed by atoms with E-state index in [1.54, 1.807) is 0 Å². The first-order valence-corrected chi connectivity index (χ1v) is 10.3. The third-order valence-corrected chi connectivity index (χ3v) is 5.67. The van der Waals surface area contributed by atoms with Crippen molar-refractivity contribution >= 4 is 5.91 Å². The van der Waals surface area contributed by atoms with Crippen molar-refractivity contribution in [3.05, 3.63) is 17.0 Å². The van der Waals surface area contributed by atoms with Crippen molar-refractivity contribution in [1.82, 2.24) is 24.9 Å². The molecule has 1 aliphatic carbocycles. The van der Waals surface area contributed by atoms with Crippen LogP contribution in [0.1, 0.15) is 55.4 Å². The molecule has 0 radical (unpaired) electrons. The van der Waals surface area contributed by atoms with E-state index in [1.807, 2.05) is 4.90 Å². The van der Waals surface area contributed by atoms with Gasteiger partial charge in [0.15, 0.2) is 5.69 Å². The molecule has 0 aromatic carbocycles. The SMILES string of the molecule is CCn1nc(C(=O)N2CCCN(C)CC2)c2c1CC[C@@H](NCC(C)C)C2. The zero-order valence-corrected chi connectivity index (χ0v) is 16.9. The molecule has 6 heteroatoms. The van der Waals surface area contributed by atoms with Crippen LogP contribution in [-0.4, -0.2) is 71.3 Å². The number of aromatic nitrogens is 2. The van der Waals surface area contributed by atoms with Gasteiger partial charge >= 0.3 is 0 Å². The van der Waals surface area contributed by atoms with E-state index in [9.17, 15) is 4.79 Å². The second-order valence-electron chi connectivity index (χ2n) is 8.28. The molecule has 3 rings (SSSR count). The Bertz CT molecular complexity index is 624. The van der Waals surface area contributed by atoms with Gasteiger partial charge in [-0.25, -0.2) is 0 Å². The van der Waals surface area contributed by atoms with Crippen LogP contribution in [0.25, 0.3) is 0 Å². The maximum Gasteiger partial charge on any atom is 0.274 e. The first-order chi connectivity index (χ1) is 12.5. The average Bonchev–Trinajstić information content (AvgIpc) is 2.85. The first-order valence-electron chi connectivity index (χ1n) is 10.3. The molecular formula is C20H35N5O. The molecule has 6 nitrogen and oxygen atoms in total. The molecule has 1 N–H and O–H groups in total. The molecule has 1 aliphatic heterocycles. The molecule has 0 bridgehead atoms. The second kappa shape index (κ2) is 8.53. The zero-order valence-electron chi connectivity index (χ0n) is 16.9. The van der Waals surface area contributed by atoms with E-state index < -0.39 is 0 Å². The summed E-state index contributed by atoms with van der Waals surface area (Å²) < 4.78 is 2.06. The largest absolute Gasteiger partial charge is 0.336 e. The van der Waals surface area contributed by atoms with Crippen molar-refractivity contribution in [2.75, 3.05) is 39.8 Å². The summed E-state index contributed by atoms with van der Waals surface area (Å²) in [5, 5.41) is 8.43. The molecule has 1 amide bonds. The van der Waals surface area contributed by atoms with Gasteiger partial charge in [-0.2, -0.15) is 5.10 Å². The molecule has 1 fully saturated rings. The number of nitrogens with one attached hydrogen (secondary N) is 1. The molecule has 1 aromatic heterocycles. The smallest absolute Gasteiger partial charge is 0.274 e. The summed E-state index contributed by atoms with van der Waals surface area (Å²) in [7, 11) is 2.13. The highest BCUT2D eigenvalue weighted by Crippen LogP contribution is 2.26. The Morgan fingerprint density at radius 3 is 2.81 bits per heavy atom. The van der Waals surface area contributed by atoms with Crippen LogP contribution in [0.5, 0.6) is 0 Å². The van der Waals surface area contributed by atoms with Crippen LogP contribution < -0.4 is 5.32 Å². The number of aryl methyl sites for hydroxylation is 1. The Labute approximate surface area is 157 Å². The zero-order chi connectivity index (χ0) is 18.7. The topological polar surface area (TPSA) is 53.4 Å². The van der Waals surface area contributed by atoms with Crippen molar-refractivity contribution in [3.63, 3.8) is 0 Å². The van der Waals surface area contributed by atoms with Gasteiger partial charge < -0.3 is 15.1 Å². The highest BCUT2D eigenvalue weighted by atomic mass is 16.2. The van der Waals surface area contributed by atoms with E-state index >= 15 is 0 Å². The number of carbonyl (C=O) groups is 1. The van der Waals surface area contributed by atoms with Crippen molar-refractivity contribution in [3.8, 4) is 0 Å². The van der Waals surface area contributed by atoms with Crippen LogP contribution in [0.3, 0.4) is 0 Å². The van der Waals surface area contributed by atoms with Gasteiger partial charge in [0.1, 0.15) is 0 Å². The number of amides is 1. The predicted molar refractivity (Wildman–Crippen MR) is 105 cm³/mol. The van der Waals surface area contributed by atoms with E-state index in [1.165, 1.54) is 11.3 Å². The molecule has 26 heavy (non-hydrogen) atoms. The Kier molecular flexibility index (Phi) is 6.35. The number of fused-ring (bicyclic) bond motifs is 1. The lowest BCUT2D eigenvalue weighted by Crippen LogP contribution is -2.38. The Hall–Kier alpha value is -1.40. The van der Waals surface area contributed by atoms with Gasteiger partial charge in [-0.3, -0.25) is 9.48 Å². The normalized spacial score (nSPS) is 21.7. The fraction of sp³-hybridized carbons (Fsp3) is 0.800. The van der Waals surface area contributed by atoms with Crippen LogP contribution in [0, 0.1) is 5.92 Å². The third kappa shape index (κ3) is 4.29. The van der Waals surface area contributed by atoms with E-state index in [-0.39, 0.29) is 5.91 Å². The summed E-state index contributed by atoms with van der Waals surface area (Å²) >= 11 is 0. The summed E-state index contributed by atoms with van der Waals surface area (Å²) in [6.07, 6.45) is 4.11. The van der Waals surface area contributed by atoms with E-state index in [0.29, 0.717) is 17.7 Å². The number of likely N-dealkylation sites (N-methyl/N-ethyl adjacent to an activating group) is 1. The van der Waals surface area contributed by atoms with Crippen LogP contribution >= 0.6 is 0 Å². The van der Waals surface area contributed by atoms with E-state index in [0.717, 1.165) is 65.0 Å². The molecule has 0 unspecified atom stereocenters. The quantitative estimate of drug-likeness (QED) is 0.869. The number of rotatable bonds is 5. The molecule has 1 aromatic rings. The predicted octanol–water partition coefficient (Wildman–Crippen LogP) is 1.78. The molecule has 1 atom stereocenters. The molecule has 0 saturated carbocycles. The minimum atomic E-state index is 0.133. The molecule has 1 saturated heterocycles. The number of hydrogen-bond donors (Lipinski definition) is 1. The Morgan fingerprint density at radius 2 is 2.08 bits per heavy atom. The lowest BCUT2D eigenvalue weighted by molar-refractivity contribution is 0.0754. The van der Waals surface area contributed by atoms with Gasteiger partial charge in [-0.15, -0.1) is 0 Å². The van der Waals surface area contributed by atoms with Gasteiger partial charge in [0, 0.05) is 43.5 Å². The van der Waals surface area contributed by atoms with E-state index in [2.05, 4.69) is 42.7 Å². The fourth-order valence-electron chi connectivity index (χ4n) is 4.10. The fourth-order valence-corrected chi connectivity index (χ4v) is 4.10. The molecule has 2 aliphatic rings. The van der Waals surface area contributed by atoms with Crippen molar-refractivity contribution in [1.29, 1.82) is 0 Å². The van der Waals surface area contributed by atoms with Gasteiger partial charge in [0.05, 0.1) is 0 Å².